The highest BCUT2D eigenvalue weighted by atomic mass is 35.5. The van der Waals surface area contributed by atoms with Crippen LogP contribution in [0.1, 0.15) is 10.4 Å². The molecule has 2 rings (SSSR count). The van der Waals surface area contributed by atoms with E-state index < -0.39 is 5.82 Å². The van der Waals surface area contributed by atoms with E-state index >= 15 is 0 Å². The Labute approximate surface area is 138 Å². The number of ether oxygens (including phenoxy) is 2. The number of rotatable bonds is 6. The Kier molecular flexibility index (Phi) is 5.60. The Balaban J connectivity index is 2.15. The van der Waals surface area contributed by atoms with Crippen molar-refractivity contribution in [2.45, 2.75) is 0 Å². The van der Waals surface area contributed by atoms with E-state index in [4.69, 9.17) is 21.1 Å². The van der Waals surface area contributed by atoms with Gasteiger partial charge in [0, 0.05) is 17.3 Å². The molecule has 0 aromatic heterocycles. The zero-order valence-corrected chi connectivity index (χ0v) is 13.4. The number of halogens is 2. The molecule has 120 valence electrons. The fraction of sp³-hybridized carbons (Fsp3) is 0.118. The van der Waals surface area contributed by atoms with Crippen molar-refractivity contribution < 1.29 is 18.7 Å². The van der Waals surface area contributed by atoms with E-state index in [-0.39, 0.29) is 11.5 Å². The number of nitrogens with one attached hydrogen (secondary N) is 1. The van der Waals surface area contributed by atoms with E-state index in [1.165, 1.54) is 38.6 Å². The second-order valence-electron chi connectivity index (χ2n) is 4.53. The van der Waals surface area contributed by atoms with Crippen LogP contribution in [0.3, 0.4) is 0 Å². The first-order chi connectivity index (χ1) is 11.0. The lowest BCUT2D eigenvalue weighted by atomic mass is 10.1. The zero-order chi connectivity index (χ0) is 16.8. The first-order valence-corrected chi connectivity index (χ1v) is 7.07. The number of carbonyl (C=O) groups excluding carboxylic acids is 1. The number of allylic oxidation sites excluding steroid dienone is 1. The summed E-state index contributed by atoms with van der Waals surface area (Å²) in [5, 5.41) is 3.00. The van der Waals surface area contributed by atoms with Crippen LogP contribution in [0, 0.1) is 5.82 Å². The average molecular weight is 336 g/mol. The topological polar surface area (TPSA) is 47.6 Å². The fourth-order valence-electron chi connectivity index (χ4n) is 1.91. The average Bonchev–Trinajstić information content (AvgIpc) is 2.56. The van der Waals surface area contributed by atoms with E-state index in [2.05, 4.69) is 5.32 Å². The monoisotopic (exact) mass is 335 g/mol. The lowest BCUT2D eigenvalue weighted by Gasteiger charge is -2.08. The number of ketones is 1. The van der Waals surface area contributed by atoms with Crippen LogP contribution in [-0.4, -0.2) is 20.0 Å². The Bertz CT molecular complexity index is 747. The molecular weight excluding hydrogens is 321 g/mol. The lowest BCUT2D eigenvalue weighted by Crippen LogP contribution is -2.01. The highest BCUT2D eigenvalue weighted by molar-refractivity contribution is 6.30. The molecule has 0 fully saturated rings. The highest BCUT2D eigenvalue weighted by Crippen LogP contribution is 2.25. The van der Waals surface area contributed by atoms with Crippen molar-refractivity contribution in [2.24, 2.45) is 0 Å². The molecule has 0 heterocycles. The summed E-state index contributed by atoms with van der Waals surface area (Å²) in [5.41, 5.74) is 0.567. The van der Waals surface area contributed by atoms with Crippen LogP contribution in [0.2, 0.25) is 5.02 Å². The van der Waals surface area contributed by atoms with Crippen molar-refractivity contribution in [3.05, 3.63) is 65.1 Å². The van der Waals surface area contributed by atoms with Gasteiger partial charge in [-0.3, -0.25) is 4.79 Å². The number of methoxy groups -OCH3 is 2. The molecule has 0 radical (unpaired) electrons. The standard InChI is InChI=1S/C17H15ClFNO3/c1-22-12-4-6-17(23-2)13(10-12)16(21)7-8-20-15-5-3-11(18)9-14(15)19/h3-10,20H,1-2H3. The van der Waals surface area contributed by atoms with E-state index in [0.29, 0.717) is 22.1 Å². The molecule has 0 spiro atoms. The minimum Gasteiger partial charge on any atom is -0.497 e. The van der Waals surface area contributed by atoms with Gasteiger partial charge >= 0.3 is 0 Å². The second-order valence-corrected chi connectivity index (χ2v) is 4.97. The smallest absolute Gasteiger partial charge is 0.191 e. The van der Waals surface area contributed by atoms with Crippen molar-refractivity contribution in [1.82, 2.24) is 0 Å². The highest BCUT2D eigenvalue weighted by Gasteiger charge is 2.11. The summed E-state index contributed by atoms with van der Waals surface area (Å²) in [5.74, 6) is 0.161. The van der Waals surface area contributed by atoms with Gasteiger partial charge in [0.2, 0.25) is 0 Å². The van der Waals surface area contributed by atoms with Gasteiger partial charge in [-0.05, 0) is 36.4 Å². The molecule has 6 heteroatoms. The minimum atomic E-state index is -0.506. The van der Waals surface area contributed by atoms with E-state index in [9.17, 15) is 9.18 Å². The molecule has 0 saturated carbocycles. The van der Waals surface area contributed by atoms with Crippen LogP contribution < -0.4 is 14.8 Å². The third-order valence-corrected chi connectivity index (χ3v) is 3.31. The molecule has 0 aliphatic rings. The number of hydrogen-bond acceptors (Lipinski definition) is 4. The van der Waals surface area contributed by atoms with Crippen molar-refractivity contribution in [3.63, 3.8) is 0 Å². The predicted molar refractivity (Wildman–Crippen MR) is 88.0 cm³/mol. The van der Waals surface area contributed by atoms with Crippen molar-refractivity contribution in [1.29, 1.82) is 0 Å². The summed E-state index contributed by atoms with van der Waals surface area (Å²) in [7, 11) is 2.99. The van der Waals surface area contributed by atoms with Gasteiger partial charge in [-0.15, -0.1) is 0 Å². The fourth-order valence-corrected chi connectivity index (χ4v) is 2.07. The normalized spacial score (nSPS) is 10.6. The second kappa shape index (κ2) is 7.65. The third kappa shape index (κ3) is 4.23. The first-order valence-electron chi connectivity index (χ1n) is 6.69. The minimum absolute atomic E-state index is 0.219. The summed E-state index contributed by atoms with van der Waals surface area (Å²) in [6.07, 6.45) is 2.64. The van der Waals surface area contributed by atoms with Gasteiger partial charge in [-0.25, -0.2) is 4.39 Å². The van der Waals surface area contributed by atoms with Gasteiger partial charge in [0.05, 0.1) is 25.5 Å². The molecule has 0 aliphatic heterocycles. The molecule has 4 nitrogen and oxygen atoms in total. The molecule has 0 aliphatic carbocycles. The summed E-state index contributed by atoms with van der Waals surface area (Å²) >= 11 is 5.68. The maximum atomic E-state index is 13.6. The molecule has 0 saturated heterocycles. The van der Waals surface area contributed by atoms with Crippen molar-refractivity contribution >= 4 is 23.1 Å². The van der Waals surface area contributed by atoms with Crippen LogP contribution in [0.25, 0.3) is 0 Å². The van der Waals surface area contributed by atoms with Gasteiger partial charge in [0.15, 0.2) is 5.78 Å². The van der Waals surface area contributed by atoms with Crippen LogP contribution in [0.5, 0.6) is 11.5 Å². The molecule has 23 heavy (non-hydrogen) atoms. The summed E-state index contributed by atoms with van der Waals surface area (Å²) in [4.78, 5) is 12.2. The van der Waals surface area contributed by atoms with Gasteiger partial charge in [-0.1, -0.05) is 11.6 Å². The maximum absolute atomic E-state index is 13.6. The first kappa shape index (κ1) is 16.8. The Morgan fingerprint density at radius 1 is 1.17 bits per heavy atom. The van der Waals surface area contributed by atoms with E-state index in [0.717, 1.165) is 0 Å². The van der Waals surface area contributed by atoms with Crippen LogP contribution >= 0.6 is 11.6 Å². The molecule has 1 N–H and O–H groups in total. The van der Waals surface area contributed by atoms with Crippen LogP contribution in [0.15, 0.2) is 48.7 Å². The third-order valence-electron chi connectivity index (χ3n) is 3.08. The Morgan fingerprint density at radius 2 is 1.96 bits per heavy atom. The van der Waals surface area contributed by atoms with Crippen molar-refractivity contribution in [2.75, 3.05) is 19.5 Å². The van der Waals surface area contributed by atoms with Gasteiger partial charge in [0.25, 0.3) is 0 Å². The van der Waals surface area contributed by atoms with Gasteiger partial charge in [0.1, 0.15) is 17.3 Å². The van der Waals surface area contributed by atoms with Crippen LogP contribution in [-0.2, 0) is 0 Å². The number of anilines is 1. The largest absolute Gasteiger partial charge is 0.497 e. The summed E-state index contributed by atoms with van der Waals surface area (Å²) in [6.45, 7) is 0. The zero-order valence-electron chi connectivity index (χ0n) is 12.6. The van der Waals surface area contributed by atoms with E-state index in [1.807, 2.05) is 0 Å². The van der Waals surface area contributed by atoms with E-state index in [1.54, 1.807) is 24.3 Å². The van der Waals surface area contributed by atoms with Gasteiger partial charge < -0.3 is 14.8 Å². The summed E-state index contributed by atoms with van der Waals surface area (Å²) < 4.78 is 23.9. The number of carbonyl (C=O) groups is 1. The van der Waals surface area contributed by atoms with Crippen LogP contribution in [0.4, 0.5) is 10.1 Å². The molecule has 0 atom stereocenters. The molecule has 2 aromatic carbocycles. The number of hydrogen-bond donors (Lipinski definition) is 1. The molecule has 0 amide bonds. The van der Waals surface area contributed by atoms with Crippen molar-refractivity contribution in [3.8, 4) is 11.5 Å². The SMILES string of the molecule is COc1ccc(OC)c(C(=O)C=CNc2ccc(Cl)cc2F)c1. The van der Waals surface area contributed by atoms with Gasteiger partial charge in [-0.2, -0.15) is 0 Å². The maximum Gasteiger partial charge on any atom is 0.191 e. The Morgan fingerprint density at radius 3 is 2.61 bits per heavy atom. The Hall–Kier alpha value is -2.53. The number of benzene rings is 2. The summed E-state index contributed by atoms with van der Waals surface area (Å²) in [6, 6.07) is 9.14. The molecule has 2 aromatic rings. The quantitative estimate of drug-likeness (QED) is 0.631. The molecular formula is C17H15ClFNO3. The molecule has 0 unspecified atom stereocenters. The lowest BCUT2D eigenvalue weighted by molar-refractivity contribution is 0.104. The molecule has 0 bridgehead atoms. The predicted octanol–water partition coefficient (Wildman–Crippen LogP) is 4.30.